The number of nitrogens with one attached hydrogen (secondary N) is 1. The number of hydrogen-bond donors (Lipinski definition) is 1. The van der Waals surface area contributed by atoms with Crippen LogP contribution in [0.2, 0.25) is 35.7 Å². The van der Waals surface area contributed by atoms with Gasteiger partial charge in [0, 0.05) is 61.2 Å². The number of nitrogens with zero attached hydrogens (tertiary/aromatic N) is 3. The van der Waals surface area contributed by atoms with Gasteiger partial charge >= 0.3 is 6.09 Å². The number of ether oxygens (including phenoxy) is 2. The maximum absolute atomic E-state index is 12.8. The van der Waals surface area contributed by atoms with E-state index in [1.54, 1.807) is 24.3 Å². The average Bonchev–Trinajstić information content (AvgIpc) is 3.51. The van der Waals surface area contributed by atoms with Crippen molar-refractivity contribution in [2.24, 2.45) is 0 Å². The number of hydrogen-bond acceptors (Lipinski definition) is 5. The predicted octanol–water partition coefficient (Wildman–Crippen LogP) is 9.37. The first-order valence-electron chi connectivity index (χ1n) is 16.9. The highest BCUT2D eigenvalue weighted by molar-refractivity contribution is 6.76. The molecule has 2 aromatic heterocycles. The number of pyridine rings is 1. The lowest BCUT2D eigenvalue weighted by atomic mass is 10.0. The van der Waals surface area contributed by atoms with Crippen LogP contribution in [0.5, 0.6) is 0 Å². The van der Waals surface area contributed by atoms with Crippen LogP contribution in [0.25, 0.3) is 17.3 Å². The van der Waals surface area contributed by atoms with Crippen LogP contribution in [0.1, 0.15) is 33.8 Å². The Morgan fingerprint density at radius 1 is 0.941 bits per heavy atom. The van der Waals surface area contributed by atoms with E-state index in [1.165, 1.54) is 0 Å². The Morgan fingerprint density at radius 3 is 2.37 bits per heavy atom. The largest absolute Gasteiger partial charge is 0.445 e. The number of allylic oxidation sites excluding steroid dienone is 1. The van der Waals surface area contributed by atoms with Crippen LogP contribution < -0.4 is 10.7 Å². The molecule has 0 saturated heterocycles. The minimum Gasteiger partial charge on any atom is -0.445 e. The van der Waals surface area contributed by atoms with E-state index >= 15 is 0 Å². The Morgan fingerprint density at radius 2 is 1.67 bits per heavy atom. The molecule has 8 nitrogen and oxygen atoms in total. The van der Waals surface area contributed by atoms with Gasteiger partial charge in [0.15, 0.2) is 5.43 Å². The van der Waals surface area contributed by atoms with Gasteiger partial charge in [-0.15, -0.1) is 0 Å². The zero-order valence-electron chi connectivity index (χ0n) is 29.5. The maximum Gasteiger partial charge on any atom is 0.407 e. The van der Waals surface area contributed by atoms with E-state index in [0.29, 0.717) is 47.7 Å². The van der Waals surface area contributed by atoms with Crippen LogP contribution in [0, 0.1) is 6.92 Å². The zero-order chi connectivity index (χ0) is 36.4. The van der Waals surface area contributed by atoms with Crippen molar-refractivity contribution >= 4 is 43.4 Å². The molecule has 0 saturated carbocycles. The van der Waals surface area contributed by atoms with Gasteiger partial charge in [-0.05, 0) is 47.4 Å². The van der Waals surface area contributed by atoms with Crippen molar-refractivity contribution in [3.8, 4) is 11.3 Å². The fourth-order valence-corrected chi connectivity index (χ4v) is 6.76. The van der Waals surface area contributed by atoms with E-state index in [9.17, 15) is 9.59 Å². The fourth-order valence-electron chi connectivity index (χ4n) is 5.47. The fraction of sp³-hybridized carbons (Fsp3) is 0.275. The lowest BCUT2D eigenvalue weighted by Gasteiger charge is -2.17. The first-order valence-corrected chi connectivity index (χ1v) is 21.4. The maximum atomic E-state index is 12.8. The number of carbonyl (C=O) groups excluding carboxylic acids is 1. The van der Waals surface area contributed by atoms with E-state index in [2.05, 4.69) is 66.4 Å². The third-order valence-corrected chi connectivity index (χ3v) is 11.0. The summed E-state index contributed by atoms with van der Waals surface area (Å²) < 4.78 is 15.6. The van der Waals surface area contributed by atoms with Gasteiger partial charge < -0.3 is 23.9 Å². The highest BCUT2D eigenvalue weighted by Gasteiger charge is 2.16. The molecule has 0 atom stereocenters. The average molecular weight is 744 g/mol. The summed E-state index contributed by atoms with van der Waals surface area (Å²) in [5.74, 6) is 0.673. The second-order valence-electron chi connectivity index (χ2n) is 13.5. The third-order valence-electron chi connectivity index (χ3n) is 8.56. The molecule has 0 aliphatic rings. The monoisotopic (exact) mass is 742 g/mol. The van der Waals surface area contributed by atoms with Gasteiger partial charge in [-0.1, -0.05) is 116 Å². The second-order valence-corrected chi connectivity index (χ2v) is 20.0. The summed E-state index contributed by atoms with van der Waals surface area (Å²) in [7, 11) is -1.26. The van der Waals surface area contributed by atoms with Gasteiger partial charge in [-0.2, -0.15) is 0 Å². The van der Waals surface area contributed by atoms with Crippen LogP contribution in [0.4, 0.5) is 4.79 Å². The van der Waals surface area contributed by atoms with E-state index in [-0.39, 0.29) is 18.6 Å². The number of carbonyl (C=O) groups is 1. The quantitative estimate of drug-likeness (QED) is 0.0854. The molecule has 11 heteroatoms. The van der Waals surface area contributed by atoms with Crippen molar-refractivity contribution in [2.75, 3.05) is 6.61 Å². The molecule has 0 bridgehead atoms. The van der Waals surface area contributed by atoms with E-state index in [4.69, 9.17) is 32.7 Å². The summed E-state index contributed by atoms with van der Waals surface area (Å²) in [4.78, 5) is 29.9. The Labute approximate surface area is 310 Å². The van der Waals surface area contributed by atoms with Gasteiger partial charge in [0.25, 0.3) is 0 Å². The molecule has 2 heterocycles. The molecule has 0 unspecified atom stereocenters. The number of amides is 1. The topological polar surface area (TPSA) is 87.4 Å². The molecule has 0 aliphatic carbocycles. The highest BCUT2D eigenvalue weighted by atomic mass is 35.5. The van der Waals surface area contributed by atoms with E-state index in [1.807, 2.05) is 58.8 Å². The van der Waals surface area contributed by atoms with Crippen molar-refractivity contribution in [1.82, 2.24) is 19.4 Å². The lowest BCUT2D eigenvalue weighted by molar-refractivity contribution is 0.0856. The van der Waals surface area contributed by atoms with Crippen molar-refractivity contribution in [3.63, 3.8) is 0 Å². The van der Waals surface area contributed by atoms with Crippen LogP contribution in [-0.2, 0) is 42.3 Å². The summed E-state index contributed by atoms with van der Waals surface area (Å²) in [5, 5.41) is 3.92. The van der Waals surface area contributed by atoms with Crippen molar-refractivity contribution in [1.29, 1.82) is 0 Å². The Hall–Kier alpha value is -4.41. The molecule has 3 aromatic carbocycles. The summed E-state index contributed by atoms with van der Waals surface area (Å²) in [6, 6.07) is 25.8. The minimum atomic E-state index is -1.26. The molecule has 1 N–H and O–H groups in total. The molecule has 266 valence electrons. The van der Waals surface area contributed by atoms with Crippen LogP contribution in [-0.4, -0.2) is 34.9 Å². The number of rotatable bonds is 15. The number of benzene rings is 3. The Balaban J connectivity index is 1.26. The smallest absolute Gasteiger partial charge is 0.407 e. The Kier molecular flexibility index (Phi) is 13.1. The van der Waals surface area contributed by atoms with E-state index in [0.717, 1.165) is 39.7 Å². The number of aromatic nitrogens is 3. The SMILES string of the molecule is Cc1c(Cc2c(Cl)cccc2Cl)c(=O)ccn1C/C=C/c1ccc(-c2cnc(CNC(=O)OCc3ccccc3)n2COCC[Si](C)(C)C)cc1. The Bertz CT molecular complexity index is 2000. The highest BCUT2D eigenvalue weighted by Crippen LogP contribution is 2.27. The summed E-state index contributed by atoms with van der Waals surface area (Å²) in [6.07, 6.45) is 7.60. The number of imidazole rings is 1. The molecule has 5 aromatic rings. The molecule has 1 amide bonds. The van der Waals surface area contributed by atoms with Gasteiger partial charge in [-0.25, -0.2) is 9.78 Å². The van der Waals surface area contributed by atoms with Crippen molar-refractivity contribution in [3.05, 3.63) is 151 Å². The summed E-state index contributed by atoms with van der Waals surface area (Å²) >= 11 is 12.8. The van der Waals surface area contributed by atoms with Crippen molar-refractivity contribution < 1.29 is 14.3 Å². The standard InChI is InChI=1S/C40H44Cl2N4O4Si/c1-29-33(24-34-35(41)13-8-14-36(34)42)38(47)19-21-45(29)20-9-12-30-15-17-32(18-16-30)37-25-43-39(46(37)28-49-22-23-51(2,3)4)26-44-40(48)50-27-31-10-6-5-7-11-31/h5-19,21,25H,20,22-24,26-28H2,1-4H3,(H,44,48)/b12-9+. The van der Waals surface area contributed by atoms with Gasteiger partial charge in [0.2, 0.25) is 0 Å². The lowest BCUT2D eigenvalue weighted by Crippen LogP contribution is -2.26. The normalized spacial score (nSPS) is 11.6. The van der Waals surface area contributed by atoms with Crippen LogP contribution >= 0.6 is 23.2 Å². The van der Waals surface area contributed by atoms with Crippen LogP contribution in [0.15, 0.2) is 102 Å². The molecule has 5 rings (SSSR count). The number of halogens is 2. The van der Waals surface area contributed by atoms with E-state index < -0.39 is 14.2 Å². The molecule has 51 heavy (non-hydrogen) atoms. The predicted molar refractivity (Wildman–Crippen MR) is 209 cm³/mol. The molecule has 0 fully saturated rings. The molecule has 0 radical (unpaired) electrons. The molecule has 0 aliphatic heterocycles. The van der Waals surface area contributed by atoms with Gasteiger partial charge in [0.05, 0.1) is 18.4 Å². The zero-order valence-corrected chi connectivity index (χ0v) is 32.0. The van der Waals surface area contributed by atoms with Crippen LogP contribution in [0.3, 0.4) is 0 Å². The molecular weight excluding hydrogens is 699 g/mol. The van der Waals surface area contributed by atoms with Crippen molar-refractivity contribution in [2.45, 2.75) is 65.5 Å². The molecule has 0 spiro atoms. The number of alkyl carbamates (subject to hydrolysis) is 1. The first kappa shape index (κ1) is 37.8. The summed E-state index contributed by atoms with van der Waals surface area (Å²) in [5.41, 5.74) is 6.07. The second kappa shape index (κ2) is 17.7. The minimum absolute atomic E-state index is 0.0399. The third kappa shape index (κ3) is 10.8. The summed E-state index contributed by atoms with van der Waals surface area (Å²) in [6.45, 7) is 10.9. The van der Waals surface area contributed by atoms with Gasteiger partial charge in [0.1, 0.15) is 19.2 Å². The first-order chi connectivity index (χ1) is 24.5. The van der Waals surface area contributed by atoms with Gasteiger partial charge in [-0.3, -0.25) is 4.79 Å². The molecular formula is C40H44Cl2N4O4Si.